The lowest BCUT2D eigenvalue weighted by Crippen LogP contribution is -2.53. The van der Waals surface area contributed by atoms with Gasteiger partial charge in [0.2, 0.25) is 0 Å². The number of hydrogen-bond donors (Lipinski definition) is 3. The van der Waals surface area contributed by atoms with Crippen LogP contribution in [0.5, 0.6) is 0 Å². The topological polar surface area (TPSA) is 90.9 Å². The molecule has 1 saturated heterocycles. The highest BCUT2D eigenvalue weighted by atomic mass is 127. The van der Waals surface area contributed by atoms with E-state index >= 15 is 0 Å². The second-order valence-electron chi connectivity index (χ2n) is 7.17. The predicted molar refractivity (Wildman–Crippen MR) is 132 cm³/mol. The van der Waals surface area contributed by atoms with E-state index < -0.39 is 0 Å². The molecule has 1 aliphatic heterocycles. The van der Waals surface area contributed by atoms with Gasteiger partial charge in [0.1, 0.15) is 0 Å². The molecule has 0 bridgehead atoms. The smallest absolute Gasteiger partial charge is 0.252 e. The molecule has 0 aliphatic carbocycles. The van der Waals surface area contributed by atoms with Gasteiger partial charge in [-0.3, -0.25) is 19.7 Å². The van der Waals surface area contributed by atoms with Crippen molar-refractivity contribution in [3.05, 3.63) is 30.1 Å². The van der Waals surface area contributed by atoms with Crippen molar-refractivity contribution in [1.29, 1.82) is 0 Å². The molecule has 30 heavy (non-hydrogen) atoms. The van der Waals surface area contributed by atoms with Crippen LogP contribution in [0.3, 0.4) is 0 Å². The molecule has 0 aromatic carbocycles. The van der Waals surface area contributed by atoms with E-state index in [9.17, 15) is 4.79 Å². The number of rotatable bonds is 10. The minimum atomic E-state index is -0.121. The summed E-state index contributed by atoms with van der Waals surface area (Å²) < 4.78 is 5.52. The Hall–Kier alpha value is -1.46. The molecule has 1 amide bonds. The van der Waals surface area contributed by atoms with E-state index in [0.717, 1.165) is 51.6 Å². The zero-order valence-electron chi connectivity index (χ0n) is 18.4. The number of carbonyl (C=O) groups is 1. The van der Waals surface area contributed by atoms with Gasteiger partial charge in [0.05, 0.1) is 18.8 Å². The summed E-state index contributed by atoms with van der Waals surface area (Å²) in [6, 6.07) is 3.96. The third-order valence-corrected chi connectivity index (χ3v) is 5.44. The van der Waals surface area contributed by atoms with E-state index in [0.29, 0.717) is 30.6 Å². The summed E-state index contributed by atoms with van der Waals surface area (Å²) in [6.45, 7) is 10.0. The number of hydrogen-bond acceptors (Lipinski definition) is 5. The Bertz CT molecular complexity index is 621. The number of morpholine rings is 1. The molecule has 1 aliphatic rings. The number of nitrogens with one attached hydrogen (secondary N) is 3. The van der Waals surface area contributed by atoms with Gasteiger partial charge >= 0.3 is 0 Å². The maximum Gasteiger partial charge on any atom is 0.252 e. The Labute approximate surface area is 197 Å². The van der Waals surface area contributed by atoms with Gasteiger partial charge in [0.25, 0.3) is 5.91 Å². The molecule has 1 aromatic rings. The lowest BCUT2D eigenvalue weighted by atomic mass is 9.92. The van der Waals surface area contributed by atoms with Crippen LogP contribution in [-0.4, -0.2) is 80.8 Å². The van der Waals surface area contributed by atoms with Gasteiger partial charge in [-0.1, -0.05) is 26.7 Å². The SMILES string of the molecule is CCC(CC)C(CNC(=NC)NCCNC(=O)c1cccnc1)N1CCOCC1.I. The van der Waals surface area contributed by atoms with Crippen molar-refractivity contribution in [2.75, 3.05) is 53.0 Å². The summed E-state index contributed by atoms with van der Waals surface area (Å²) in [5.41, 5.74) is 0.563. The minimum Gasteiger partial charge on any atom is -0.379 e. The van der Waals surface area contributed by atoms with Crippen LogP contribution < -0.4 is 16.0 Å². The number of aliphatic imine (C=N–C) groups is 1. The van der Waals surface area contributed by atoms with Crippen molar-refractivity contribution < 1.29 is 9.53 Å². The van der Waals surface area contributed by atoms with Gasteiger partial charge in [-0.05, 0) is 18.1 Å². The van der Waals surface area contributed by atoms with Gasteiger partial charge in [-0.15, -0.1) is 24.0 Å². The second-order valence-corrected chi connectivity index (χ2v) is 7.17. The van der Waals surface area contributed by atoms with Crippen molar-refractivity contribution in [3.63, 3.8) is 0 Å². The maximum atomic E-state index is 12.0. The molecule has 3 N–H and O–H groups in total. The molecular formula is C21H37IN6O2. The fourth-order valence-corrected chi connectivity index (χ4v) is 3.71. The summed E-state index contributed by atoms with van der Waals surface area (Å²) in [5, 5.41) is 9.63. The number of ether oxygens (including phenoxy) is 1. The fourth-order valence-electron chi connectivity index (χ4n) is 3.71. The van der Waals surface area contributed by atoms with Crippen molar-refractivity contribution in [3.8, 4) is 0 Å². The number of amides is 1. The molecule has 0 spiro atoms. The molecular weight excluding hydrogens is 495 g/mol. The molecule has 1 fully saturated rings. The normalized spacial score (nSPS) is 15.9. The van der Waals surface area contributed by atoms with Crippen LogP contribution in [0.25, 0.3) is 0 Å². The molecule has 0 radical (unpaired) electrons. The molecule has 9 heteroatoms. The Kier molecular flexibility index (Phi) is 13.6. The van der Waals surface area contributed by atoms with E-state index in [1.165, 1.54) is 0 Å². The number of pyridine rings is 1. The van der Waals surface area contributed by atoms with Gasteiger partial charge < -0.3 is 20.7 Å². The summed E-state index contributed by atoms with van der Waals surface area (Å²) in [5.74, 6) is 1.27. The zero-order chi connectivity index (χ0) is 20.9. The Balaban J connectivity index is 0.00000450. The number of nitrogens with zero attached hydrogens (tertiary/aromatic N) is 3. The first-order valence-corrected chi connectivity index (χ1v) is 10.6. The predicted octanol–water partition coefficient (Wildman–Crippen LogP) is 1.73. The lowest BCUT2D eigenvalue weighted by molar-refractivity contribution is 0.00272. The Morgan fingerprint density at radius 3 is 2.50 bits per heavy atom. The number of guanidine groups is 1. The fraction of sp³-hybridized carbons (Fsp3) is 0.667. The van der Waals surface area contributed by atoms with Gasteiger partial charge in [0.15, 0.2) is 5.96 Å². The van der Waals surface area contributed by atoms with Gasteiger partial charge in [-0.25, -0.2) is 0 Å². The second kappa shape index (κ2) is 15.4. The molecule has 1 unspecified atom stereocenters. The van der Waals surface area contributed by atoms with Crippen molar-refractivity contribution >= 4 is 35.8 Å². The van der Waals surface area contributed by atoms with Crippen molar-refractivity contribution in [1.82, 2.24) is 25.8 Å². The highest BCUT2D eigenvalue weighted by Gasteiger charge is 2.26. The molecule has 8 nitrogen and oxygen atoms in total. The molecule has 2 rings (SSSR count). The first-order valence-electron chi connectivity index (χ1n) is 10.6. The number of carbonyl (C=O) groups excluding carboxylic acids is 1. The minimum absolute atomic E-state index is 0. The quantitative estimate of drug-likeness (QED) is 0.184. The molecule has 2 heterocycles. The van der Waals surface area contributed by atoms with E-state index in [2.05, 4.69) is 44.7 Å². The third kappa shape index (κ3) is 8.73. The van der Waals surface area contributed by atoms with E-state index in [1.54, 1.807) is 31.6 Å². The van der Waals surface area contributed by atoms with Crippen LogP contribution in [0.1, 0.15) is 37.0 Å². The lowest BCUT2D eigenvalue weighted by Gasteiger charge is -2.39. The van der Waals surface area contributed by atoms with Gasteiger partial charge in [0, 0.05) is 58.2 Å². The first-order chi connectivity index (χ1) is 14.2. The molecule has 0 saturated carbocycles. The summed E-state index contributed by atoms with van der Waals surface area (Å²) in [4.78, 5) is 22.9. The monoisotopic (exact) mass is 532 g/mol. The third-order valence-electron chi connectivity index (χ3n) is 5.44. The average Bonchev–Trinajstić information content (AvgIpc) is 2.78. The highest BCUT2D eigenvalue weighted by molar-refractivity contribution is 14.0. The van der Waals surface area contributed by atoms with Gasteiger partial charge in [-0.2, -0.15) is 0 Å². The van der Waals surface area contributed by atoms with E-state index in [1.807, 2.05) is 0 Å². The van der Waals surface area contributed by atoms with Crippen LogP contribution in [-0.2, 0) is 4.74 Å². The highest BCUT2D eigenvalue weighted by Crippen LogP contribution is 2.19. The Morgan fingerprint density at radius 1 is 1.20 bits per heavy atom. The van der Waals surface area contributed by atoms with Crippen molar-refractivity contribution in [2.45, 2.75) is 32.7 Å². The maximum absolute atomic E-state index is 12.0. The molecule has 1 aromatic heterocycles. The zero-order valence-corrected chi connectivity index (χ0v) is 20.7. The van der Waals surface area contributed by atoms with Crippen LogP contribution in [0.2, 0.25) is 0 Å². The standard InChI is InChI=1S/C21H36N6O2.HI/c1-4-17(5-2)19(27-11-13-29-14-12-27)16-26-21(22-3)25-10-9-24-20(28)18-7-6-8-23-15-18;/h6-8,15,17,19H,4-5,9-14,16H2,1-3H3,(H,24,28)(H2,22,25,26);1H. The van der Waals surface area contributed by atoms with E-state index in [4.69, 9.17) is 4.74 Å². The molecule has 170 valence electrons. The summed E-state index contributed by atoms with van der Waals surface area (Å²) in [7, 11) is 1.77. The van der Waals surface area contributed by atoms with Crippen LogP contribution in [0.4, 0.5) is 0 Å². The molecule has 1 atom stereocenters. The van der Waals surface area contributed by atoms with E-state index in [-0.39, 0.29) is 29.9 Å². The number of halogens is 1. The summed E-state index contributed by atoms with van der Waals surface area (Å²) >= 11 is 0. The first kappa shape index (κ1) is 26.6. The van der Waals surface area contributed by atoms with Crippen LogP contribution in [0.15, 0.2) is 29.5 Å². The number of aromatic nitrogens is 1. The average molecular weight is 532 g/mol. The van der Waals surface area contributed by atoms with Crippen LogP contribution in [0, 0.1) is 5.92 Å². The largest absolute Gasteiger partial charge is 0.379 e. The Morgan fingerprint density at radius 2 is 1.90 bits per heavy atom. The van der Waals surface area contributed by atoms with Crippen LogP contribution >= 0.6 is 24.0 Å². The van der Waals surface area contributed by atoms with Crippen molar-refractivity contribution in [2.24, 2.45) is 10.9 Å². The summed E-state index contributed by atoms with van der Waals surface area (Å²) in [6.07, 6.45) is 5.53.